The fourth-order valence-electron chi connectivity index (χ4n) is 0.917. The van der Waals surface area contributed by atoms with E-state index < -0.39 is 0 Å². The normalized spacial score (nSPS) is 10.8. The number of nitrogens with zero attached hydrogens (tertiary/aromatic N) is 4. The second kappa shape index (κ2) is 4.11. The molecule has 0 saturated heterocycles. The van der Waals surface area contributed by atoms with Crippen molar-refractivity contribution in [3.63, 3.8) is 0 Å². The van der Waals surface area contributed by atoms with E-state index >= 15 is 0 Å². The molecule has 5 heteroatoms. The second-order valence-corrected chi connectivity index (χ2v) is 3.34. The van der Waals surface area contributed by atoms with Crippen molar-refractivity contribution in [1.29, 1.82) is 0 Å². The van der Waals surface area contributed by atoms with E-state index in [1.807, 2.05) is 0 Å². The number of rotatable bonds is 4. The zero-order valence-corrected chi connectivity index (χ0v) is 8.19. The topological polar surface area (TPSA) is 60.7 Å². The van der Waals surface area contributed by atoms with E-state index in [2.05, 4.69) is 29.3 Å². The molecule has 0 atom stereocenters. The van der Waals surface area contributed by atoms with Gasteiger partial charge in [0, 0.05) is 6.42 Å². The van der Waals surface area contributed by atoms with Crippen molar-refractivity contribution < 1.29 is 4.79 Å². The first-order chi connectivity index (χ1) is 6.13. The van der Waals surface area contributed by atoms with E-state index in [9.17, 15) is 4.79 Å². The predicted octanol–water partition coefficient (Wildman–Crippen LogP) is 0.922. The summed E-state index contributed by atoms with van der Waals surface area (Å²) in [4.78, 5) is 12.6. The quantitative estimate of drug-likeness (QED) is 0.650. The summed E-state index contributed by atoms with van der Waals surface area (Å²) < 4.78 is 0. The standard InChI is InChI=1S/C8H14N4O/c1-4-7(13)8-9-11-12(10-8)5-6(2)3/h6H,4-5H2,1-3H3. The van der Waals surface area contributed by atoms with Crippen LogP contribution < -0.4 is 0 Å². The van der Waals surface area contributed by atoms with Gasteiger partial charge < -0.3 is 0 Å². The number of hydrogen-bond donors (Lipinski definition) is 0. The molecule has 0 N–H and O–H groups in total. The SMILES string of the molecule is CCC(=O)c1nnn(CC(C)C)n1. The number of aromatic nitrogens is 4. The minimum absolute atomic E-state index is 0.0602. The molecule has 0 aliphatic carbocycles. The van der Waals surface area contributed by atoms with Crippen molar-refractivity contribution in [2.24, 2.45) is 5.92 Å². The average Bonchev–Trinajstić information content (AvgIpc) is 2.50. The first-order valence-corrected chi connectivity index (χ1v) is 4.44. The van der Waals surface area contributed by atoms with Gasteiger partial charge in [-0.05, 0) is 11.1 Å². The van der Waals surface area contributed by atoms with Crippen LogP contribution in [0, 0.1) is 5.92 Å². The van der Waals surface area contributed by atoms with Crippen LogP contribution in [0.25, 0.3) is 0 Å². The highest BCUT2D eigenvalue weighted by Gasteiger charge is 2.10. The number of tetrazole rings is 1. The van der Waals surface area contributed by atoms with Gasteiger partial charge in [0.25, 0.3) is 0 Å². The maximum Gasteiger partial charge on any atom is 0.240 e. The first kappa shape index (κ1) is 9.83. The number of carbonyl (C=O) groups is 1. The molecule has 0 radical (unpaired) electrons. The van der Waals surface area contributed by atoms with Gasteiger partial charge in [0.2, 0.25) is 11.6 Å². The van der Waals surface area contributed by atoms with Crippen molar-refractivity contribution in [3.05, 3.63) is 5.82 Å². The molecule has 0 bridgehead atoms. The molecular weight excluding hydrogens is 168 g/mol. The molecule has 0 aromatic carbocycles. The Kier molecular flexibility index (Phi) is 3.11. The van der Waals surface area contributed by atoms with Crippen molar-refractivity contribution in [2.75, 3.05) is 0 Å². The van der Waals surface area contributed by atoms with Gasteiger partial charge in [0.05, 0.1) is 6.54 Å². The number of hydrogen-bond acceptors (Lipinski definition) is 4. The van der Waals surface area contributed by atoms with Crippen LogP contribution in [-0.4, -0.2) is 26.0 Å². The summed E-state index contributed by atoms with van der Waals surface area (Å²) in [7, 11) is 0. The van der Waals surface area contributed by atoms with Gasteiger partial charge in [0.1, 0.15) is 0 Å². The third kappa shape index (κ3) is 2.61. The Hall–Kier alpha value is -1.26. The number of carbonyl (C=O) groups excluding carboxylic acids is 1. The van der Waals surface area contributed by atoms with Crippen LogP contribution in [0.15, 0.2) is 0 Å². The van der Waals surface area contributed by atoms with Crippen molar-refractivity contribution >= 4 is 5.78 Å². The summed E-state index contributed by atoms with van der Waals surface area (Å²) >= 11 is 0. The Morgan fingerprint density at radius 3 is 2.77 bits per heavy atom. The monoisotopic (exact) mass is 182 g/mol. The van der Waals surface area contributed by atoms with E-state index in [1.54, 1.807) is 6.92 Å². The maximum absolute atomic E-state index is 11.1. The fourth-order valence-corrected chi connectivity index (χ4v) is 0.917. The molecule has 0 spiro atoms. The fraction of sp³-hybridized carbons (Fsp3) is 0.750. The largest absolute Gasteiger partial charge is 0.291 e. The molecule has 0 amide bonds. The van der Waals surface area contributed by atoms with Crippen LogP contribution in [0.4, 0.5) is 0 Å². The van der Waals surface area contributed by atoms with E-state index in [0.29, 0.717) is 18.9 Å². The molecular formula is C8H14N4O. The Labute approximate surface area is 77.1 Å². The van der Waals surface area contributed by atoms with E-state index in [4.69, 9.17) is 0 Å². The predicted molar refractivity (Wildman–Crippen MR) is 47.3 cm³/mol. The minimum Gasteiger partial charge on any atom is -0.291 e. The lowest BCUT2D eigenvalue weighted by molar-refractivity contribution is 0.0977. The van der Waals surface area contributed by atoms with Gasteiger partial charge in [-0.1, -0.05) is 20.8 Å². The molecule has 0 aliphatic rings. The lowest BCUT2D eigenvalue weighted by Gasteiger charge is -1.99. The zero-order valence-electron chi connectivity index (χ0n) is 8.19. The van der Waals surface area contributed by atoms with Gasteiger partial charge in [-0.3, -0.25) is 4.79 Å². The van der Waals surface area contributed by atoms with E-state index in [0.717, 1.165) is 0 Å². The summed E-state index contributed by atoms with van der Waals surface area (Å²) in [5.41, 5.74) is 0. The Morgan fingerprint density at radius 1 is 1.54 bits per heavy atom. The molecule has 0 saturated carbocycles. The van der Waals surface area contributed by atoms with Gasteiger partial charge >= 0.3 is 0 Å². The maximum atomic E-state index is 11.1. The average molecular weight is 182 g/mol. The summed E-state index contributed by atoms with van der Waals surface area (Å²) in [5, 5.41) is 11.4. The highest BCUT2D eigenvalue weighted by molar-refractivity contribution is 5.91. The van der Waals surface area contributed by atoms with Gasteiger partial charge in [-0.15, -0.1) is 10.2 Å². The summed E-state index contributed by atoms with van der Waals surface area (Å²) in [6, 6.07) is 0. The Balaban J connectivity index is 2.69. The molecule has 1 aromatic rings. The van der Waals surface area contributed by atoms with Crippen molar-refractivity contribution in [1.82, 2.24) is 20.2 Å². The molecule has 1 aromatic heterocycles. The highest BCUT2D eigenvalue weighted by Crippen LogP contribution is 1.97. The summed E-state index contributed by atoms with van der Waals surface area (Å²) in [5.74, 6) is 0.622. The summed E-state index contributed by atoms with van der Waals surface area (Å²) in [6.07, 6.45) is 0.424. The van der Waals surface area contributed by atoms with Crippen LogP contribution >= 0.6 is 0 Å². The Bertz CT molecular complexity index is 292. The van der Waals surface area contributed by atoms with Crippen LogP contribution in [-0.2, 0) is 6.54 Å². The van der Waals surface area contributed by atoms with Crippen LogP contribution in [0.2, 0.25) is 0 Å². The van der Waals surface area contributed by atoms with Gasteiger partial charge in [-0.25, -0.2) is 0 Å². The van der Waals surface area contributed by atoms with Crippen LogP contribution in [0.1, 0.15) is 37.8 Å². The molecule has 0 aliphatic heterocycles. The Morgan fingerprint density at radius 2 is 2.23 bits per heavy atom. The van der Waals surface area contributed by atoms with E-state index in [1.165, 1.54) is 4.80 Å². The molecule has 13 heavy (non-hydrogen) atoms. The van der Waals surface area contributed by atoms with E-state index in [-0.39, 0.29) is 11.6 Å². The number of Topliss-reactive ketones (excluding diaryl/α,β-unsaturated/α-hetero) is 1. The summed E-state index contributed by atoms with van der Waals surface area (Å²) in [6.45, 7) is 6.60. The molecule has 0 fully saturated rings. The minimum atomic E-state index is -0.0602. The highest BCUT2D eigenvalue weighted by atomic mass is 16.1. The van der Waals surface area contributed by atoms with Gasteiger partial charge in [0.15, 0.2) is 0 Å². The number of ketones is 1. The van der Waals surface area contributed by atoms with Crippen molar-refractivity contribution in [3.8, 4) is 0 Å². The third-order valence-electron chi connectivity index (χ3n) is 1.55. The van der Waals surface area contributed by atoms with Crippen LogP contribution in [0.5, 0.6) is 0 Å². The lowest BCUT2D eigenvalue weighted by Crippen LogP contribution is -2.08. The molecule has 1 rings (SSSR count). The van der Waals surface area contributed by atoms with Crippen LogP contribution in [0.3, 0.4) is 0 Å². The molecule has 0 unspecified atom stereocenters. The lowest BCUT2D eigenvalue weighted by atomic mass is 10.2. The molecule has 5 nitrogen and oxygen atoms in total. The molecule has 72 valence electrons. The van der Waals surface area contributed by atoms with Crippen molar-refractivity contribution in [2.45, 2.75) is 33.7 Å². The third-order valence-corrected chi connectivity index (χ3v) is 1.55. The second-order valence-electron chi connectivity index (χ2n) is 3.34. The first-order valence-electron chi connectivity index (χ1n) is 4.44. The van der Waals surface area contributed by atoms with Gasteiger partial charge in [-0.2, -0.15) is 4.80 Å². The molecule has 1 heterocycles. The smallest absolute Gasteiger partial charge is 0.240 e. The zero-order chi connectivity index (χ0) is 9.84.